The minimum Gasteiger partial charge on any atom is -0.336 e. The smallest absolute Gasteiger partial charge is 0.240 e. The van der Waals surface area contributed by atoms with Gasteiger partial charge in [0.2, 0.25) is 5.91 Å². The Labute approximate surface area is 114 Å². The van der Waals surface area contributed by atoms with Gasteiger partial charge < -0.3 is 4.90 Å². The number of carbonyl (C=O) groups excluding carboxylic acids is 1. The van der Waals surface area contributed by atoms with Crippen molar-refractivity contribution < 1.29 is 4.79 Å². The lowest BCUT2D eigenvalue weighted by atomic mass is 9.96. The van der Waals surface area contributed by atoms with Crippen LogP contribution in [0.25, 0.3) is 0 Å². The van der Waals surface area contributed by atoms with E-state index in [1.165, 1.54) is 0 Å². The van der Waals surface area contributed by atoms with Crippen LogP contribution in [0, 0.1) is 17.2 Å². The second kappa shape index (κ2) is 5.44. The van der Waals surface area contributed by atoms with Crippen molar-refractivity contribution in [1.82, 2.24) is 4.90 Å². The number of likely N-dealkylation sites (tertiary alicyclic amines) is 1. The molecule has 0 saturated carbocycles. The fourth-order valence-corrected chi connectivity index (χ4v) is 2.74. The molecule has 19 heavy (non-hydrogen) atoms. The lowest BCUT2D eigenvalue weighted by molar-refractivity contribution is -0.136. The summed E-state index contributed by atoms with van der Waals surface area (Å²) in [5, 5.41) is 9.29. The summed E-state index contributed by atoms with van der Waals surface area (Å²) in [6.45, 7) is 4.93. The third-order valence-corrected chi connectivity index (χ3v) is 3.90. The van der Waals surface area contributed by atoms with Crippen LogP contribution in [-0.4, -0.2) is 22.9 Å². The number of nitrogens with zero attached hydrogens (tertiary/aromatic N) is 2. The normalized spacial score (nSPS) is 18.9. The van der Waals surface area contributed by atoms with Gasteiger partial charge in [0.25, 0.3) is 0 Å². The zero-order valence-corrected chi connectivity index (χ0v) is 11.6. The standard InChI is InChI=1S/C16H20N2O/c1-16(2)9-6-10-18(16)15(19)14(12-17)11-13-7-4-3-5-8-13/h3-5,7-8,14H,6,9-11H2,1-2H3. The molecule has 1 heterocycles. The first-order valence-electron chi connectivity index (χ1n) is 6.79. The Bertz CT molecular complexity index is 487. The Morgan fingerprint density at radius 3 is 2.63 bits per heavy atom. The second-order valence-electron chi connectivity index (χ2n) is 5.78. The van der Waals surface area contributed by atoms with E-state index in [2.05, 4.69) is 19.9 Å². The lowest BCUT2D eigenvalue weighted by Crippen LogP contribution is -2.45. The van der Waals surface area contributed by atoms with Crippen LogP contribution in [0.15, 0.2) is 30.3 Å². The molecule has 1 atom stereocenters. The maximum atomic E-state index is 12.5. The summed E-state index contributed by atoms with van der Waals surface area (Å²) in [5.74, 6) is -0.589. The molecule has 3 nitrogen and oxygen atoms in total. The SMILES string of the molecule is CC1(C)CCCN1C(=O)C(C#N)Cc1ccccc1. The molecule has 0 aliphatic carbocycles. The van der Waals surface area contributed by atoms with Crippen molar-refractivity contribution >= 4 is 5.91 Å². The van der Waals surface area contributed by atoms with E-state index in [0.717, 1.165) is 24.9 Å². The average molecular weight is 256 g/mol. The first kappa shape index (κ1) is 13.6. The fourth-order valence-electron chi connectivity index (χ4n) is 2.74. The minimum absolute atomic E-state index is 0.0196. The zero-order chi connectivity index (χ0) is 13.9. The van der Waals surface area contributed by atoms with Crippen molar-refractivity contribution in [2.75, 3.05) is 6.54 Å². The summed E-state index contributed by atoms with van der Waals surface area (Å²) < 4.78 is 0. The van der Waals surface area contributed by atoms with Gasteiger partial charge in [-0.1, -0.05) is 30.3 Å². The Balaban J connectivity index is 2.10. The van der Waals surface area contributed by atoms with E-state index in [-0.39, 0.29) is 11.4 Å². The number of carbonyl (C=O) groups is 1. The van der Waals surface area contributed by atoms with Crippen molar-refractivity contribution in [2.24, 2.45) is 5.92 Å². The monoisotopic (exact) mass is 256 g/mol. The number of hydrogen-bond acceptors (Lipinski definition) is 2. The number of nitriles is 1. The Kier molecular flexibility index (Phi) is 3.90. The summed E-state index contributed by atoms with van der Waals surface area (Å²) >= 11 is 0. The van der Waals surface area contributed by atoms with Crippen LogP contribution in [0.3, 0.4) is 0 Å². The summed E-state index contributed by atoms with van der Waals surface area (Å²) in [5.41, 5.74) is 0.933. The summed E-state index contributed by atoms with van der Waals surface area (Å²) in [7, 11) is 0. The highest BCUT2D eigenvalue weighted by atomic mass is 16.2. The van der Waals surface area contributed by atoms with E-state index in [0.29, 0.717) is 6.42 Å². The molecule has 0 radical (unpaired) electrons. The first-order valence-corrected chi connectivity index (χ1v) is 6.79. The highest BCUT2D eigenvalue weighted by Crippen LogP contribution is 2.30. The molecule has 1 aliphatic rings. The van der Waals surface area contributed by atoms with Crippen molar-refractivity contribution in [1.29, 1.82) is 5.26 Å². The lowest BCUT2D eigenvalue weighted by Gasteiger charge is -2.33. The topological polar surface area (TPSA) is 44.1 Å². The van der Waals surface area contributed by atoms with E-state index in [1.807, 2.05) is 35.2 Å². The molecule has 1 amide bonds. The Hall–Kier alpha value is -1.82. The summed E-state index contributed by atoms with van der Waals surface area (Å²) in [6, 6.07) is 11.9. The fraction of sp³-hybridized carbons (Fsp3) is 0.500. The van der Waals surface area contributed by atoms with Crippen molar-refractivity contribution in [2.45, 2.75) is 38.6 Å². The van der Waals surface area contributed by atoms with Gasteiger partial charge in [-0.3, -0.25) is 4.79 Å². The molecule has 1 aliphatic heterocycles. The van der Waals surface area contributed by atoms with Crippen LogP contribution in [0.2, 0.25) is 0 Å². The zero-order valence-electron chi connectivity index (χ0n) is 11.6. The molecule has 0 spiro atoms. The Morgan fingerprint density at radius 2 is 2.11 bits per heavy atom. The van der Waals surface area contributed by atoms with Gasteiger partial charge >= 0.3 is 0 Å². The van der Waals surface area contributed by atoms with E-state index in [1.54, 1.807) is 0 Å². The highest BCUT2D eigenvalue weighted by molar-refractivity contribution is 5.82. The molecule has 100 valence electrons. The van der Waals surface area contributed by atoms with Crippen molar-refractivity contribution in [3.63, 3.8) is 0 Å². The molecule has 1 saturated heterocycles. The van der Waals surface area contributed by atoms with Crippen LogP contribution in [0.1, 0.15) is 32.3 Å². The molecule has 1 fully saturated rings. The molecular weight excluding hydrogens is 236 g/mol. The molecule has 0 N–H and O–H groups in total. The predicted molar refractivity (Wildman–Crippen MR) is 74.3 cm³/mol. The summed E-state index contributed by atoms with van der Waals surface area (Å²) in [6.07, 6.45) is 2.55. The van der Waals surface area contributed by atoms with Crippen LogP contribution in [0.5, 0.6) is 0 Å². The average Bonchev–Trinajstić information content (AvgIpc) is 2.76. The van der Waals surface area contributed by atoms with E-state index in [9.17, 15) is 10.1 Å². The van der Waals surface area contributed by atoms with Gasteiger partial charge in [-0.2, -0.15) is 5.26 Å². The quantitative estimate of drug-likeness (QED) is 0.834. The first-order chi connectivity index (χ1) is 9.04. The van der Waals surface area contributed by atoms with Crippen molar-refractivity contribution in [3.8, 4) is 6.07 Å². The highest BCUT2D eigenvalue weighted by Gasteiger charge is 2.38. The van der Waals surface area contributed by atoms with E-state index in [4.69, 9.17) is 0 Å². The molecule has 1 aromatic rings. The molecule has 3 heteroatoms. The largest absolute Gasteiger partial charge is 0.336 e. The molecular formula is C16H20N2O. The van der Waals surface area contributed by atoms with Gasteiger partial charge in [0.1, 0.15) is 5.92 Å². The van der Waals surface area contributed by atoms with Gasteiger partial charge in [0.15, 0.2) is 0 Å². The predicted octanol–water partition coefficient (Wildman–Crippen LogP) is 2.77. The minimum atomic E-state index is -0.570. The van der Waals surface area contributed by atoms with Crippen LogP contribution < -0.4 is 0 Å². The van der Waals surface area contributed by atoms with Gasteiger partial charge in [0.05, 0.1) is 6.07 Å². The molecule has 1 unspecified atom stereocenters. The maximum Gasteiger partial charge on any atom is 0.240 e. The van der Waals surface area contributed by atoms with E-state index >= 15 is 0 Å². The van der Waals surface area contributed by atoms with Gasteiger partial charge in [-0.15, -0.1) is 0 Å². The molecule has 2 rings (SSSR count). The second-order valence-corrected chi connectivity index (χ2v) is 5.78. The molecule has 0 bridgehead atoms. The molecule has 1 aromatic carbocycles. The third kappa shape index (κ3) is 2.96. The van der Waals surface area contributed by atoms with Crippen LogP contribution in [0.4, 0.5) is 0 Å². The Morgan fingerprint density at radius 1 is 1.42 bits per heavy atom. The number of benzene rings is 1. The molecule has 0 aromatic heterocycles. The van der Waals surface area contributed by atoms with Gasteiger partial charge in [-0.25, -0.2) is 0 Å². The van der Waals surface area contributed by atoms with Crippen LogP contribution in [-0.2, 0) is 11.2 Å². The number of rotatable bonds is 3. The van der Waals surface area contributed by atoms with E-state index < -0.39 is 5.92 Å². The number of amides is 1. The van der Waals surface area contributed by atoms with Gasteiger partial charge in [0, 0.05) is 12.1 Å². The van der Waals surface area contributed by atoms with Crippen LogP contribution >= 0.6 is 0 Å². The van der Waals surface area contributed by atoms with Crippen molar-refractivity contribution in [3.05, 3.63) is 35.9 Å². The summed E-state index contributed by atoms with van der Waals surface area (Å²) in [4.78, 5) is 14.4. The number of hydrogen-bond donors (Lipinski definition) is 0. The third-order valence-electron chi connectivity index (χ3n) is 3.90. The maximum absolute atomic E-state index is 12.5. The van der Waals surface area contributed by atoms with Gasteiger partial charge in [-0.05, 0) is 38.7 Å².